The average Bonchev–Trinajstić information content (AvgIpc) is 2.82. The lowest BCUT2D eigenvalue weighted by atomic mass is 9.80. The molecule has 92 valence electrons. The van der Waals surface area contributed by atoms with E-state index in [1.807, 2.05) is 36.4 Å². The summed E-state index contributed by atoms with van der Waals surface area (Å²) in [5, 5.41) is 18.8. The Kier molecular flexibility index (Phi) is 3.30. The van der Waals surface area contributed by atoms with Crippen LogP contribution in [0.4, 0.5) is 0 Å². The third-order valence-corrected chi connectivity index (χ3v) is 4.23. The molecule has 0 saturated carbocycles. The first-order valence-corrected chi connectivity index (χ1v) is 6.69. The zero-order valence-corrected chi connectivity index (χ0v) is 10.9. The summed E-state index contributed by atoms with van der Waals surface area (Å²) >= 11 is 1.53. The minimum Gasteiger partial charge on any atom is -0.423 e. The molecule has 1 N–H and O–H groups in total. The van der Waals surface area contributed by atoms with E-state index in [1.54, 1.807) is 6.07 Å². The molecular weight excluding hydrogens is 257 g/mol. The lowest BCUT2D eigenvalue weighted by Gasteiger charge is -2.08. The zero-order chi connectivity index (χ0) is 13.2. The van der Waals surface area contributed by atoms with Gasteiger partial charge in [0, 0.05) is 9.79 Å². The van der Waals surface area contributed by atoms with Crippen LogP contribution in [-0.2, 0) is 11.3 Å². The van der Waals surface area contributed by atoms with E-state index in [4.69, 9.17) is 9.92 Å². The predicted octanol–water partition coefficient (Wildman–Crippen LogP) is 1.93. The van der Waals surface area contributed by atoms with Gasteiger partial charge in [0.1, 0.15) is 6.07 Å². The fourth-order valence-corrected chi connectivity index (χ4v) is 3.14. The molecule has 0 fully saturated rings. The molecule has 0 unspecified atom stereocenters. The second-order valence-electron chi connectivity index (χ2n) is 4.20. The number of nitrogens with zero attached hydrogens (tertiary/aromatic N) is 1. The van der Waals surface area contributed by atoms with E-state index in [9.17, 15) is 5.02 Å². The van der Waals surface area contributed by atoms with Gasteiger partial charge in [-0.3, -0.25) is 0 Å². The smallest absolute Gasteiger partial charge is 0.423 e. The lowest BCUT2D eigenvalue weighted by Crippen LogP contribution is -2.27. The van der Waals surface area contributed by atoms with E-state index in [0.29, 0.717) is 12.2 Å². The van der Waals surface area contributed by atoms with Crippen molar-refractivity contribution in [2.45, 2.75) is 16.4 Å². The van der Waals surface area contributed by atoms with E-state index in [0.717, 1.165) is 20.8 Å². The van der Waals surface area contributed by atoms with Crippen molar-refractivity contribution >= 4 is 24.3 Å². The van der Waals surface area contributed by atoms with Gasteiger partial charge in [-0.1, -0.05) is 36.0 Å². The topological polar surface area (TPSA) is 53.2 Å². The van der Waals surface area contributed by atoms with Crippen LogP contribution in [0.15, 0.2) is 52.3 Å². The van der Waals surface area contributed by atoms with Gasteiger partial charge in [-0.25, -0.2) is 0 Å². The standard InChI is InChI=1S/C14H10BNO2S/c16-8-10-4-1-2-6-13(10)19-14-7-3-5-12-11(14)9-18-15(12)17/h1-7,17H,9H2. The van der Waals surface area contributed by atoms with E-state index in [1.165, 1.54) is 11.8 Å². The number of hydrogen-bond donors (Lipinski definition) is 1. The van der Waals surface area contributed by atoms with Crippen LogP contribution in [0.3, 0.4) is 0 Å². The number of benzene rings is 2. The Morgan fingerprint density at radius 2 is 1.95 bits per heavy atom. The summed E-state index contributed by atoms with van der Waals surface area (Å²) in [6.45, 7) is 0.411. The summed E-state index contributed by atoms with van der Waals surface area (Å²) in [6.07, 6.45) is 0. The molecule has 0 amide bonds. The molecule has 2 aromatic rings. The van der Waals surface area contributed by atoms with Crippen molar-refractivity contribution in [3.05, 3.63) is 53.6 Å². The molecule has 0 spiro atoms. The van der Waals surface area contributed by atoms with Gasteiger partial charge in [0.2, 0.25) is 0 Å². The molecule has 1 aliphatic rings. The van der Waals surface area contributed by atoms with E-state index in [2.05, 4.69) is 6.07 Å². The van der Waals surface area contributed by atoms with Crippen molar-refractivity contribution in [2.24, 2.45) is 0 Å². The molecule has 19 heavy (non-hydrogen) atoms. The predicted molar refractivity (Wildman–Crippen MR) is 74.1 cm³/mol. The Hall–Kier alpha value is -1.74. The second kappa shape index (κ2) is 5.10. The highest BCUT2D eigenvalue weighted by atomic mass is 32.2. The number of nitriles is 1. The Balaban J connectivity index is 1.99. The summed E-state index contributed by atoms with van der Waals surface area (Å²) in [6, 6.07) is 15.4. The first-order chi connectivity index (χ1) is 9.29. The summed E-state index contributed by atoms with van der Waals surface area (Å²) in [4.78, 5) is 1.94. The molecule has 3 nitrogen and oxygen atoms in total. The zero-order valence-electron chi connectivity index (χ0n) is 10.0. The van der Waals surface area contributed by atoms with Crippen molar-refractivity contribution in [2.75, 3.05) is 0 Å². The molecule has 3 rings (SSSR count). The summed E-state index contributed by atoms with van der Waals surface area (Å²) < 4.78 is 5.24. The fourth-order valence-electron chi connectivity index (χ4n) is 2.08. The fraction of sp³-hybridized carbons (Fsp3) is 0.0714. The minimum absolute atomic E-state index is 0.411. The summed E-state index contributed by atoms with van der Waals surface area (Å²) in [7, 11) is -0.832. The maximum absolute atomic E-state index is 9.69. The second-order valence-corrected chi connectivity index (χ2v) is 5.28. The number of hydrogen-bond acceptors (Lipinski definition) is 4. The highest BCUT2D eigenvalue weighted by Gasteiger charge is 2.29. The maximum atomic E-state index is 9.69. The van der Waals surface area contributed by atoms with Gasteiger partial charge >= 0.3 is 7.12 Å². The first-order valence-electron chi connectivity index (χ1n) is 5.88. The monoisotopic (exact) mass is 267 g/mol. The van der Waals surface area contributed by atoms with E-state index in [-0.39, 0.29) is 0 Å². The molecule has 0 atom stereocenters. The quantitative estimate of drug-likeness (QED) is 0.845. The normalized spacial score (nSPS) is 13.2. The van der Waals surface area contributed by atoms with Crippen LogP contribution in [0.5, 0.6) is 0 Å². The molecule has 2 aromatic carbocycles. The SMILES string of the molecule is N#Cc1ccccc1Sc1cccc2c1COB2O. The molecular formula is C14H10BNO2S. The molecule has 0 bridgehead atoms. The van der Waals surface area contributed by atoms with Crippen molar-refractivity contribution in [3.63, 3.8) is 0 Å². The maximum Gasteiger partial charge on any atom is 0.491 e. The molecule has 0 saturated heterocycles. The molecule has 0 aliphatic carbocycles. The summed E-state index contributed by atoms with van der Waals surface area (Å²) in [5.74, 6) is 0. The van der Waals surface area contributed by atoms with Gasteiger partial charge < -0.3 is 9.68 Å². The number of fused-ring (bicyclic) bond motifs is 1. The molecule has 5 heteroatoms. The van der Waals surface area contributed by atoms with E-state index < -0.39 is 7.12 Å². The van der Waals surface area contributed by atoms with Crippen LogP contribution in [0.1, 0.15) is 11.1 Å². The van der Waals surface area contributed by atoms with Crippen molar-refractivity contribution < 1.29 is 9.68 Å². The van der Waals surface area contributed by atoms with Crippen LogP contribution in [-0.4, -0.2) is 12.1 Å². The third-order valence-electron chi connectivity index (χ3n) is 3.05. The van der Waals surface area contributed by atoms with Gasteiger partial charge in [-0.15, -0.1) is 0 Å². The van der Waals surface area contributed by atoms with Gasteiger partial charge in [0.05, 0.1) is 12.2 Å². The van der Waals surface area contributed by atoms with Crippen LogP contribution in [0.25, 0.3) is 0 Å². The highest BCUT2D eigenvalue weighted by Crippen LogP contribution is 2.33. The largest absolute Gasteiger partial charge is 0.491 e. The van der Waals surface area contributed by atoms with Gasteiger partial charge in [0.25, 0.3) is 0 Å². The Morgan fingerprint density at radius 3 is 2.79 bits per heavy atom. The third kappa shape index (κ3) is 2.26. The van der Waals surface area contributed by atoms with Crippen LogP contribution < -0.4 is 5.46 Å². The molecule has 1 heterocycles. The van der Waals surface area contributed by atoms with Gasteiger partial charge in [0.15, 0.2) is 0 Å². The van der Waals surface area contributed by atoms with Crippen molar-refractivity contribution in [3.8, 4) is 6.07 Å². The van der Waals surface area contributed by atoms with Crippen LogP contribution >= 0.6 is 11.8 Å². The Morgan fingerprint density at radius 1 is 1.16 bits per heavy atom. The van der Waals surface area contributed by atoms with Crippen molar-refractivity contribution in [1.82, 2.24) is 0 Å². The Bertz CT molecular complexity index is 669. The van der Waals surface area contributed by atoms with Gasteiger partial charge in [-0.2, -0.15) is 5.26 Å². The first kappa shape index (κ1) is 12.3. The average molecular weight is 267 g/mol. The molecule has 0 radical (unpaired) electrons. The minimum atomic E-state index is -0.832. The highest BCUT2D eigenvalue weighted by molar-refractivity contribution is 7.99. The van der Waals surface area contributed by atoms with Gasteiger partial charge in [-0.05, 0) is 29.2 Å². The Labute approximate surface area is 116 Å². The molecule has 0 aromatic heterocycles. The number of rotatable bonds is 2. The lowest BCUT2D eigenvalue weighted by molar-refractivity contribution is 0.274. The van der Waals surface area contributed by atoms with E-state index >= 15 is 0 Å². The van der Waals surface area contributed by atoms with Crippen molar-refractivity contribution in [1.29, 1.82) is 5.26 Å². The van der Waals surface area contributed by atoms with Crippen LogP contribution in [0.2, 0.25) is 0 Å². The molecule has 1 aliphatic heterocycles. The van der Waals surface area contributed by atoms with Crippen LogP contribution in [0, 0.1) is 11.3 Å². The summed E-state index contributed by atoms with van der Waals surface area (Å²) in [5.41, 5.74) is 2.48.